The highest BCUT2D eigenvalue weighted by Crippen LogP contribution is 2.63. The molecule has 2 fully saturated rings. The van der Waals surface area contributed by atoms with Crippen LogP contribution in [0.25, 0.3) is 0 Å². The van der Waals surface area contributed by atoms with Crippen LogP contribution in [0.5, 0.6) is 5.75 Å². The molecule has 0 spiro atoms. The zero-order valence-electron chi connectivity index (χ0n) is 22.1. The number of hydrogen-bond donors (Lipinski definition) is 3. The van der Waals surface area contributed by atoms with Crippen molar-refractivity contribution in [1.29, 1.82) is 0 Å². The molecule has 9 heteroatoms. The van der Waals surface area contributed by atoms with Crippen LogP contribution in [-0.2, 0) is 20.5 Å². The topological polar surface area (TPSA) is 117 Å². The van der Waals surface area contributed by atoms with E-state index in [1.54, 1.807) is 32.0 Å². The Balaban J connectivity index is 1.60. The Morgan fingerprint density at radius 3 is 2.58 bits per heavy atom. The number of benzene rings is 1. The molecule has 0 saturated heterocycles. The van der Waals surface area contributed by atoms with Crippen molar-refractivity contribution in [3.63, 3.8) is 0 Å². The molecule has 0 unspecified atom stereocenters. The van der Waals surface area contributed by atoms with Crippen molar-refractivity contribution in [2.45, 2.75) is 89.9 Å². The van der Waals surface area contributed by atoms with Gasteiger partial charge in [-0.2, -0.15) is 0 Å². The summed E-state index contributed by atoms with van der Waals surface area (Å²) in [5, 5.41) is 10.2. The number of phosphoric acid groups is 1. The minimum absolute atomic E-state index is 0.0979. The molecule has 3 aliphatic rings. The van der Waals surface area contributed by atoms with Crippen molar-refractivity contribution >= 4 is 13.8 Å². The number of ether oxygens (including phenoxy) is 1. The van der Waals surface area contributed by atoms with Gasteiger partial charge in [-0.15, -0.1) is 0 Å². The van der Waals surface area contributed by atoms with Crippen LogP contribution < -0.4 is 4.52 Å². The van der Waals surface area contributed by atoms with Crippen LogP contribution in [0.3, 0.4) is 0 Å². The number of fused-ring (bicyclic) bond motifs is 5. The van der Waals surface area contributed by atoms with Crippen molar-refractivity contribution in [2.24, 2.45) is 23.2 Å². The lowest BCUT2D eigenvalue weighted by Gasteiger charge is -2.53. The molecule has 1 aromatic rings. The van der Waals surface area contributed by atoms with Gasteiger partial charge < -0.3 is 14.4 Å². The lowest BCUT2D eigenvalue weighted by atomic mass is 9.52. The molecule has 0 radical (unpaired) electrons. The van der Waals surface area contributed by atoms with Gasteiger partial charge in [-0.05, 0) is 100 Å². The molecule has 4 rings (SSSR count). The molecule has 36 heavy (non-hydrogen) atoms. The lowest BCUT2D eigenvalue weighted by Crippen LogP contribution is -2.50. The zero-order chi connectivity index (χ0) is 26.4. The number of carbonyl (C=O) groups excluding carboxylic acids is 1. The summed E-state index contributed by atoms with van der Waals surface area (Å²) in [6, 6.07) is 4.82. The molecule has 3 aliphatic carbocycles. The lowest BCUT2D eigenvalue weighted by molar-refractivity contribution is -0.167. The minimum atomic E-state index is -4.60. The van der Waals surface area contributed by atoms with E-state index in [4.69, 9.17) is 9.26 Å². The van der Waals surface area contributed by atoms with Crippen LogP contribution >= 0.6 is 7.82 Å². The average Bonchev–Trinajstić information content (AvgIpc) is 3.08. The monoisotopic (exact) mass is 523 g/mol. The first-order valence-corrected chi connectivity index (χ1v) is 14.8. The van der Waals surface area contributed by atoms with Gasteiger partial charge in [0.2, 0.25) is 0 Å². The van der Waals surface area contributed by atoms with E-state index in [0.717, 1.165) is 50.5 Å². The van der Waals surface area contributed by atoms with Crippen molar-refractivity contribution in [1.82, 2.24) is 4.90 Å². The highest BCUT2D eigenvalue weighted by Gasteiger charge is 2.58. The Morgan fingerprint density at radius 1 is 1.25 bits per heavy atom. The third-order valence-electron chi connectivity index (χ3n) is 9.18. The van der Waals surface area contributed by atoms with E-state index >= 15 is 0 Å². The maximum Gasteiger partial charge on any atom is 0.524 e. The van der Waals surface area contributed by atoms with Gasteiger partial charge in [0.25, 0.3) is 0 Å². The normalized spacial score (nSPS) is 33.3. The van der Waals surface area contributed by atoms with E-state index in [1.165, 1.54) is 5.56 Å². The maximum absolute atomic E-state index is 13.1. The quantitative estimate of drug-likeness (QED) is 0.342. The van der Waals surface area contributed by atoms with Gasteiger partial charge in [0.05, 0.1) is 6.10 Å². The highest BCUT2D eigenvalue weighted by molar-refractivity contribution is 7.46. The predicted molar refractivity (Wildman–Crippen MR) is 137 cm³/mol. The van der Waals surface area contributed by atoms with Crippen molar-refractivity contribution in [3.8, 4) is 5.75 Å². The number of nitrogens with zero attached hydrogens (tertiary/aromatic N) is 1. The van der Waals surface area contributed by atoms with Crippen molar-refractivity contribution < 1.29 is 33.5 Å². The standard InChI is InChI=1S/C27H42NO7P/c1-6-7-17-14-18-15-19(35-36(31,32)33)8-9-20(18)21-12-13-27(3)22(24(17)21)10-11-23(27)34-26(30)25(16(2)29)28(4)5/h8-9,15-17,21-25,29H,6-7,10-14H2,1-5H3,(H2,31,32,33)/t16-,17+,21+,22-,23-,24+,25+,27-/m0/s1. The van der Waals surface area contributed by atoms with Crippen molar-refractivity contribution in [2.75, 3.05) is 14.1 Å². The number of phosphoric ester groups is 1. The number of aliphatic hydroxyl groups is 1. The fourth-order valence-corrected chi connectivity index (χ4v) is 8.20. The SMILES string of the molecule is CCC[C@@H]1Cc2cc(OP(=O)(O)O)ccc2[C@H]2CC[C@]3(C)[C@@H](OC(=O)[C@@H]([C@H](C)O)N(C)C)CC[C@H]3[C@H]12. The number of esters is 1. The summed E-state index contributed by atoms with van der Waals surface area (Å²) >= 11 is 0. The Bertz CT molecular complexity index is 1000. The predicted octanol–water partition coefficient (Wildman–Crippen LogP) is 4.26. The molecular formula is C27H42NO7P. The van der Waals surface area contributed by atoms with Crippen LogP contribution in [-0.4, -0.2) is 58.1 Å². The summed E-state index contributed by atoms with van der Waals surface area (Å²) in [4.78, 5) is 33.3. The zero-order valence-corrected chi connectivity index (χ0v) is 23.0. The number of likely N-dealkylation sites (N-methyl/N-ethyl adjacent to an activating group) is 1. The van der Waals surface area contributed by atoms with Gasteiger partial charge in [-0.1, -0.05) is 32.8 Å². The molecule has 202 valence electrons. The summed E-state index contributed by atoms with van der Waals surface area (Å²) in [7, 11) is -1.03. The van der Waals surface area contributed by atoms with Gasteiger partial charge in [0.1, 0.15) is 17.9 Å². The van der Waals surface area contributed by atoms with E-state index in [0.29, 0.717) is 23.7 Å². The first kappa shape index (κ1) is 27.6. The second-order valence-corrected chi connectivity index (χ2v) is 12.8. The summed E-state index contributed by atoms with van der Waals surface area (Å²) in [5.74, 6) is 1.64. The second-order valence-electron chi connectivity index (χ2n) is 11.7. The molecule has 0 amide bonds. The Kier molecular flexibility index (Phi) is 7.95. The van der Waals surface area contributed by atoms with E-state index in [1.807, 2.05) is 12.1 Å². The first-order chi connectivity index (χ1) is 16.9. The number of aliphatic hydroxyl groups excluding tert-OH is 1. The molecule has 0 heterocycles. The first-order valence-electron chi connectivity index (χ1n) is 13.3. The van der Waals surface area contributed by atoms with E-state index in [-0.39, 0.29) is 23.2 Å². The third-order valence-corrected chi connectivity index (χ3v) is 9.63. The van der Waals surface area contributed by atoms with E-state index in [9.17, 15) is 24.3 Å². The fraction of sp³-hybridized carbons (Fsp3) is 0.741. The van der Waals surface area contributed by atoms with Crippen LogP contribution in [0.4, 0.5) is 0 Å². The van der Waals surface area contributed by atoms with Gasteiger partial charge in [-0.3, -0.25) is 19.5 Å². The minimum Gasteiger partial charge on any atom is -0.461 e. The average molecular weight is 524 g/mol. The molecule has 8 atom stereocenters. The van der Waals surface area contributed by atoms with Crippen LogP contribution in [0.15, 0.2) is 18.2 Å². The van der Waals surface area contributed by atoms with E-state index in [2.05, 4.69) is 13.8 Å². The number of carbonyl (C=O) groups is 1. The Hall–Kier alpha value is -1.44. The summed E-state index contributed by atoms with van der Waals surface area (Å²) in [5.41, 5.74) is 2.31. The third kappa shape index (κ3) is 5.25. The smallest absolute Gasteiger partial charge is 0.461 e. The Morgan fingerprint density at radius 2 is 1.97 bits per heavy atom. The Labute approximate surface area is 214 Å². The largest absolute Gasteiger partial charge is 0.524 e. The molecule has 0 aliphatic heterocycles. The van der Waals surface area contributed by atoms with Crippen LogP contribution in [0.2, 0.25) is 0 Å². The summed E-state index contributed by atoms with van der Waals surface area (Å²) < 4.78 is 22.4. The van der Waals surface area contributed by atoms with Crippen molar-refractivity contribution in [3.05, 3.63) is 29.3 Å². The molecule has 2 saturated carbocycles. The molecule has 8 nitrogen and oxygen atoms in total. The summed E-state index contributed by atoms with van der Waals surface area (Å²) in [6.07, 6.45) is 5.88. The highest BCUT2D eigenvalue weighted by atomic mass is 31.2. The molecular weight excluding hydrogens is 481 g/mol. The van der Waals surface area contributed by atoms with Gasteiger partial charge >= 0.3 is 13.8 Å². The maximum atomic E-state index is 13.1. The molecule has 0 aromatic heterocycles. The van der Waals surface area contributed by atoms with Gasteiger partial charge in [-0.25, -0.2) is 4.57 Å². The molecule has 1 aromatic carbocycles. The van der Waals surface area contributed by atoms with Gasteiger partial charge in [0.15, 0.2) is 0 Å². The number of rotatable bonds is 8. The molecule has 0 bridgehead atoms. The second kappa shape index (κ2) is 10.4. The fourth-order valence-electron chi connectivity index (χ4n) is 7.81. The summed E-state index contributed by atoms with van der Waals surface area (Å²) in [6.45, 7) is 6.12. The van der Waals surface area contributed by atoms with Gasteiger partial charge in [0, 0.05) is 5.41 Å². The van der Waals surface area contributed by atoms with Crippen LogP contribution in [0.1, 0.15) is 76.3 Å². The van der Waals surface area contributed by atoms with E-state index < -0.39 is 20.0 Å². The molecule has 3 N–H and O–H groups in total. The number of hydrogen-bond acceptors (Lipinski definition) is 6. The van der Waals surface area contributed by atoms with Crippen LogP contribution in [0, 0.1) is 23.2 Å².